The first-order valence-corrected chi connectivity index (χ1v) is 5.69. The monoisotopic (exact) mass is 252 g/mol. The molecule has 0 bridgehead atoms. The first kappa shape index (κ1) is 12.8. The highest BCUT2D eigenvalue weighted by atomic mass is 16.5. The first-order valence-electron chi connectivity index (χ1n) is 5.69. The van der Waals surface area contributed by atoms with Crippen LogP contribution in [0.25, 0.3) is 0 Å². The minimum atomic E-state index is -0.293. The summed E-state index contributed by atoms with van der Waals surface area (Å²) in [6.45, 7) is 0.865. The largest absolute Gasteiger partial charge is 0.377 e. The van der Waals surface area contributed by atoms with Crippen LogP contribution in [0.15, 0.2) is 23.3 Å². The van der Waals surface area contributed by atoms with Crippen LogP contribution in [0.5, 0.6) is 0 Å². The number of rotatable bonds is 3. The molecule has 6 heteroatoms. The highest BCUT2D eigenvalue weighted by Gasteiger charge is 2.36. The number of nitrogens with zero attached hydrogens (tertiary/aromatic N) is 1. The molecule has 2 atom stereocenters. The number of carbonyl (C=O) groups is 1. The Balaban J connectivity index is 2.17. The summed E-state index contributed by atoms with van der Waals surface area (Å²) in [5.41, 5.74) is -0.141. The molecule has 1 aromatic heterocycles. The van der Waals surface area contributed by atoms with Crippen molar-refractivity contribution in [3.63, 3.8) is 0 Å². The molecule has 98 valence electrons. The van der Waals surface area contributed by atoms with E-state index in [4.69, 9.17) is 9.47 Å². The van der Waals surface area contributed by atoms with Crippen molar-refractivity contribution >= 4 is 5.91 Å². The number of hydrogen-bond donors (Lipinski definition) is 1. The van der Waals surface area contributed by atoms with Crippen molar-refractivity contribution in [3.8, 4) is 0 Å². The quantitative estimate of drug-likeness (QED) is 0.812. The number of pyridine rings is 1. The van der Waals surface area contributed by atoms with Crippen LogP contribution < -0.4 is 5.43 Å². The number of aromatic nitrogens is 1. The second kappa shape index (κ2) is 5.32. The maximum atomic E-state index is 12.2. The van der Waals surface area contributed by atoms with Crippen molar-refractivity contribution < 1.29 is 14.3 Å². The minimum Gasteiger partial charge on any atom is -0.377 e. The second-order valence-corrected chi connectivity index (χ2v) is 4.18. The Morgan fingerprint density at radius 3 is 2.44 bits per heavy atom. The van der Waals surface area contributed by atoms with Crippen LogP contribution in [0.4, 0.5) is 0 Å². The van der Waals surface area contributed by atoms with Gasteiger partial charge in [-0.1, -0.05) is 0 Å². The average molecular weight is 252 g/mol. The summed E-state index contributed by atoms with van der Waals surface area (Å²) < 4.78 is 10.5. The third kappa shape index (κ3) is 2.30. The van der Waals surface area contributed by atoms with Gasteiger partial charge in [0.1, 0.15) is 17.8 Å². The molecule has 2 unspecified atom stereocenters. The van der Waals surface area contributed by atoms with Gasteiger partial charge in [0.05, 0.1) is 0 Å². The summed E-state index contributed by atoms with van der Waals surface area (Å²) >= 11 is 0. The fourth-order valence-corrected chi connectivity index (χ4v) is 2.12. The van der Waals surface area contributed by atoms with Crippen molar-refractivity contribution in [2.24, 2.45) is 0 Å². The Morgan fingerprint density at radius 2 is 1.94 bits per heavy atom. The van der Waals surface area contributed by atoms with Crippen LogP contribution in [0, 0.1) is 0 Å². The van der Waals surface area contributed by atoms with E-state index in [1.807, 2.05) is 0 Å². The molecule has 2 heterocycles. The highest BCUT2D eigenvalue weighted by Crippen LogP contribution is 2.17. The first-order chi connectivity index (χ1) is 8.67. The number of hydrogen-bond acceptors (Lipinski definition) is 4. The molecular formula is C12H16N2O4. The molecule has 1 saturated heterocycles. The zero-order valence-electron chi connectivity index (χ0n) is 10.4. The molecule has 18 heavy (non-hydrogen) atoms. The number of methoxy groups -OCH3 is 2. The number of carbonyl (C=O) groups excluding carboxylic acids is 1. The van der Waals surface area contributed by atoms with Crippen molar-refractivity contribution in [1.82, 2.24) is 9.88 Å². The zero-order valence-corrected chi connectivity index (χ0v) is 10.4. The van der Waals surface area contributed by atoms with Gasteiger partial charge in [0.25, 0.3) is 5.91 Å². The Kier molecular flexibility index (Phi) is 3.78. The van der Waals surface area contributed by atoms with E-state index < -0.39 is 0 Å². The van der Waals surface area contributed by atoms with Crippen LogP contribution in [0.2, 0.25) is 0 Å². The number of likely N-dealkylation sites (tertiary alicyclic amines) is 1. The number of ether oxygens (including phenoxy) is 2. The van der Waals surface area contributed by atoms with Crippen molar-refractivity contribution in [2.75, 3.05) is 27.3 Å². The molecule has 1 N–H and O–H groups in total. The molecule has 0 aliphatic carbocycles. The number of nitrogens with one attached hydrogen (secondary N) is 1. The van der Waals surface area contributed by atoms with Gasteiger partial charge in [0.15, 0.2) is 5.43 Å². The van der Waals surface area contributed by atoms with Gasteiger partial charge in [0, 0.05) is 45.8 Å². The third-order valence-corrected chi connectivity index (χ3v) is 3.16. The maximum Gasteiger partial charge on any atom is 0.259 e. The van der Waals surface area contributed by atoms with Crippen molar-refractivity contribution in [3.05, 3.63) is 34.2 Å². The van der Waals surface area contributed by atoms with Crippen LogP contribution in [0.1, 0.15) is 10.4 Å². The molecule has 0 radical (unpaired) electrons. The summed E-state index contributed by atoms with van der Waals surface area (Å²) in [7, 11) is 3.17. The topological polar surface area (TPSA) is 71.6 Å². The predicted octanol–water partition coefficient (Wildman–Crippen LogP) is -0.139. The zero-order chi connectivity index (χ0) is 13.1. The summed E-state index contributed by atoms with van der Waals surface area (Å²) in [6.07, 6.45) is 2.62. The molecular weight excluding hydrogens is 236 g/mol. The number of amides is 1. The second-order valence-electron chi connectivity index (χ2n) is 4.18. The molecule has 1 aromatic rings. The van der Waals surface area contributed by atoms with Gasteiger partial charge in [-0.2, -0.15) is 0 Å². The SMILES string of the molecule is COC1CN(C(=O)c2c[nH]ccc2=O)CC1OC. The van der Waals surface area contributed by atoms with Gasteiger partial charge in [-0.25, -0.2) is 0 Å². The van der Waals surface area contributed by atoms with Gasteiger partial charge in [-0.15, -0.1) is 0 Å². The van der Waals surface area contributed by atoms with Gasteiger partial charge >= 0.3 is 0 Å². The average Bonchev–Trinajstić information content (AvgIpc) is 2.81. The summed E-state index contributed by atoms with van der Waals surface area (Å²) in [4.78, 5) is 28.1. The molecule has 6 nitrogen and oxygen atoms in total. The molecule has 2 rings (SSSR count). The lowest BCUT2D eigenvalue weighted by Crippen LogP contribution is -2.33. The van der Waals surface area contributed by atoms with Crippen molar-refractivity contribution in [1.29, 1.82) is 0 Å². The van der Waals surface area contributed by atoms with E-state index in [2.05, 4.69) is 4.98 Å². The lowest BCUT2D eigenvalue weighted by molar-refractivity contribution is -0.00461. The van der Waals surface area contributed by atoms with Gasteiger partial charge in [-0.05, 0) is 0 Å². The van der Waals surface area contributed by atoms with E-state index in [0.29, 0.717) is 13.1 Å². The lowest BCUT2D eigenvalue weighted by atomic mass is 10.2. The lowest BCUT2D eigenvalue weighted by Gasteiger charge is -2.14. The normalized spacial score (nSPS) is 23.3. The molecule has 1 aliphatic rings. The van der Waals surface area contributed by atoms with E-state index in [0.717, 1.165) is 0 Å². The Hall–Kier alpha value is -1.66. The standard InChI is InChI=1S/C12H16N2O4/c1-17-10-6-14(7-11(10)18-2)12(16)8-5-13-4-3-9(8)15/h3-5,10-11H,6-7H2,1-2H3,(H,13,15). The third-order valence-electron chi connectivity index (χ3n) is 3.16. The molecule has 0 aromatic carbocycles. The van der Waals surface area contributed by atoms with Gasteiger partial charge in [-0.3, -0.25) is 9.59 Å². The van der Waals surface area contributed by atoms with Gasteiger partial charge < -0.3 is 19.4 Å². The highest BCUT2D eigenvalue weighted by molar-refractivity contribution is 5.94. The van der Waals surface area contributed by atoms with E-state index in [1.165, 1.54) is 18.5 Å². The minimum absolute atomic E-state index is 0.143. The van der Waals surface area contributed by atoms with Crippen LogP contribution >= 0.6 is 0 Å². The number of H-pyrrole nitrogens is 1. The maximum absolute atomic E-state index is 12.2. The van der Waals surface area contributed by atoms with Crippen LogP contribution in [0.3, 0.4) is 0 Å². The molecule has 0 saturated carbocycles. The molecule has 0 spiro atoms. The fraction of sp³-hybridized carbons (Fsp3) is 0.500. The van der Waals surface area contributed by atoms with E-state index in [-0.39, 0.29) is 29.1 Å². The van der Waals surface area contributed by atoms with E-state index >= 15 is 0 Å². The Bertz CT molecular complexity index is 473. The summed E-state index contributed by atoms with van der Waals surface area (Å²) in [5.74, 6) is -0.293. The van der Waals surface area contributed by atoms with E-state index in [9.17, 15) is 9.59 Å². The molecule has 1 amide bonds. The van der Waals surface area contributed by atoms with E-state index in [1.54, 1.807) is 19.1 Å². The fourth-order valence-electron chi connectivity index (χ4n) is 2.12. The Morgan fingerprint density at radius 1 is 1.33 bits per heavy atom. The molecule has 1 aliphatic heterocycles. The number of aromatic amines is 1. The van der Waals surface area contributed by atoms with Crippen LogP contribution in [-0.2, 0) is 9.47 Å². The van der Waals surface area contributed by atoms with Crippen molar-refractivity contribution in [2.45, 2.75) is 12.2 Å². The smallest absolute Gasteiger partial charge is 0.259 e. The summed E-state index contributed by atoms with van der Waals surface area (Å²) in [5, 5.41) is 0. The van der Waals surface area contributed by atoms with Gasteiger partial charge in [0.2, 0.25) is 0 Å². The van der Waals surface area contributed by atoms with Crippen LogP contribution in [-0.4, -0.2) is 55.3 Å². The summed E-state index contributed by atoms with van der Waals surface area (Å²) in [6, 6.07) is 1.34. The predicted molar refractivity (Wildman–Crippen MR) is 64.6 cm³/mol. The Labute approximate surface area is 105 Å². The molecule has 1 fully saturated rings.